The fourth-order valence-electron chi connectivity index (χ4n) is 4.54. The topological polar surface area (TPSA) is 132 Å². The number of nitrogens with one attached hydrogen (secondary N) is 2. The summed E-state index contributed by atoms with van der Waals surface area (Å²) < 4.78 is 43.3. The van der Waals surface area contributed by atoms with Crippen molar-refractivity contribution < 1.29 is 27.4 Å². The van der Waals surface area contributed by atoms with Crippen LogP contribution in [0.1, 0.15) is 18.1 Å². The molecule has 1 fully saturated rings. The molecule has 1 aliphatic rings. The van der Waals surface area contributed by atoms with Crippen LogP contribution < -0.4 is 24.4 Å². The Bertz CT molecular complexity index is 1550. The second-order valence-electron chi connectivity index (χ2n) is 8.73. The minimum atomic E-state index is -3.19. The van der Waals surface area contributed by atoms with Gasteiger partial charge in [-0.2, -0.15) is 0 Å². The van der Waals surface area contributed by atoms with Crippen LogP contribution in [0.5, 0.6) is 11.5 Å². The number of hydrogen-bond acceptors (Lipinski definition) is 9. The largest absolute Gasteiger partial charge is 0.497 e. The Morgan fingerprint density at radius 3 is 2.36 bits per heavy atom. The molecule has 5 rings (SSSR count). The van der Waals surface area contributed by atoms with Gasteiger partial charge in [-0.05, 0) is 36.2 Å². The van der Waals surface area contributed by atoms with Gasteiger partial charge in [0.1, 0.15) is 17.6 Å². The van der Waals surface area contributed by atoms with E-state index in [1.807, 2.05) is 12.1 Å². The van der Waals surface area contributed by atoms with Gasteiger partial charge in [-0.3, -0.25) is 4.79 Å². The third-order valence-electron chi connectivity index (χ3n) is 6.35. The lowest BCUT2D eigenvalue weighted by Crippen LogP contribution is -2.30. The van der Waals surface area contributed by atoms with E-state index in [-0.39, 0.29) is 17.7 Å². The summed E-state index contributed by atoms with van der Waals surface area (Å²) >= 11 is 0. The number of para-hydroxylation sites is 2. The molecule has 202 valence electrons. The van der Waals surface area contributed by atoms with Crippen molar-refractivity contribution in [3.63, 3.8) is 0 Å². The molecule has 3 aromatic carbocycles. The molecule has 12 heteroatoms. The van der Waals surface area contributed by atoms with Gasteiger partial charge in [-0.1, -0.05) is 24.3 Å². The first-order valence-electron chi connectivity index (χ1n) is 12.1. The van der Waals surface area contributed by atoms with Crippen LogP contribution in [0.25, 0.3) is 11.0 Å². The number of fused-ring (bicyclic) bond motifs is 1. The van der Waals surface area contributed by atoms with Crippen LogP contribution in [-0.2, 0) is 20.4 Å². The van der Waals surface area contributed by atoms with E-state index >= 15 is 0 Å². The zero-order chi connectivity index (χ0) is 27.4. The maximum absolute atomic E-state index is 12.8. The molecule has 4 aromatic rings. The first-order chi connectivity index (χ1) is 19.0. The lowest BCUT2D eigenvalue weighted by Gasteiger charge is -2.23. The number of thiol groups is 1. The summed E-state index contributed by atoms with van der Waals surface area (Å²) in [5.41, 5.74) is 2.74. The lowest BCUT2D eigenvalue weighted by atomic mass is 10.0. The average Bonchev–Trinajstić information content (AvgIpc) is 3.41. The van der Waals surface area contributed by atoms with Gasteiger partial charge in [-0.15, -0.1) is 0 Å². The van der Waals surface area contributed by atoms with Gasteiger partial charge < -0.3 is 24.8 Å². The molecule has 0 radical (unpaired) electrons. The number of methoxy groups -OCH3 is 2. The number of hydrogen-bond donors (Lipinski definition) is 3. The average molecular weight is 550 g/mol. The van der Waals surface area contributed by atoms with E-state index in [1.165, 1.54) is 0 Å². The summed E-state index contributed by atoms with van der Waals surface area (Å²) in [6.07, 6.45) is 0.889. The van der Waals surface area contributed by atoms with Gasteiger partial charge in [-0.25, -0.2) is 22.7 Å². The molecular formula is C27H27N5O6S. The molecule has 2 N–H and O–H groups in total. The van der Waals surface area contributed by atoms with Crippen LogP contribution in [0.2, 0.25) is 0 Å². The van der Waals surface area contributed by atoms with Crippen LogP contribution in [0.4, 0.5) is 23.0 Å². The number of anilines is 4. The normalized spacial score (nSPS) is 16.7. The standard InChI is InChI=1S/C27H27N5O6S/c1-36-20-13-18(14-21(15-20)37-2)29-26-27(31-23-9-4-3-8-22(23)30-26)32(39(34)35)19-7-5-6-17(12-19)25-24(28-16-33)10-11-38-25/h3-9,12-16,24-25,39H,10-11H2,1-2H3,(H,28,33)(H,29,30). The predicted molar refractivity (Wildman–Crippen MR) is 148 cm³/mol. The molecule has 11 nitrogen and oxygen atoms in total. The first kappa shape index (κ1) is 26.2. The molecular weight excluding hydrogens is 522 g/mol. The molecule has 2 atom stereocenters. The number of rotatable bonds is 10. The monoisotopic (exact) mass is 549 g/mol. The van der Waals surface area contributed by atoms with E-state index in [0.717, 1.165) is 9.87 Å². The minimum absolute atomic E-state index is 0.0821. The number of carbonyl (C=O) groups excluding carboxylic acids is 1. The van der Waals surface area contributed by atoms with Crippen molar-refractivity contribution in [3.05, 3.63) is 72.3 Å². The summed E-state index contributed by atoms with van der Waals surface area (Å²) in [5, 5.41) is 5.98. The van der Waals surface area contributed by atoms with Gasteiger partial charge in [0.15, 0.2) is 11.6 Å². The van der Waals surface area contributed by atoms with Crippen molar-refractivity contribution in [3.8, 4) is 11.5 Å². The molecule has 0 saturated carbocycles. The van der Waals surface area contributed by atoms with E-state index in [1.54, 1.807) is 68.8 Å². The van der Waals surface area contributed by atoms with E-state index in [0.29, 0.717) is 53.3 Å². The van der Waals surface area contributed by atoms with Gasteiger partial charge in [0.05, 0.1) is 37.0 Å². The second-order valence-corrected chi connectivity index (χ2v) is 9.60. The van der Waals surface area contributed by atoms with Crippen molar-refractivity contribution in [1.29, 1.82) is 0 Å². The number of carbonyl (C=O) groups is 1. The van der Waals surface area contributed by atoms with Crippen molar-refractivity contribution in [2.24, 2.45) is 0 Å². The Kier molecular flexibility index (Phi) is 7.75. The van der Waals surface area contributed by atoms with Crippen LogP contribution in [0.3, 0.4) is 0 Å². The molecule has 2 heterocycles. The quantitative estimate of drug-likeness (QED) is 0.200. The predicted octanol–water partition coefficient (Wildman–Crippen LogP) is 3.63. The fourth-order valence-corrected chi connectivity index (χ4v) is 5.15. The molecule has 0 spiro atoms. The Balaban J connectivity index is 1.62. The Hall–Kier alpha value is -4.42. The molecule has 39 heavy (non-hydrogen) atoms. The van der Waals surface area contributed by atoms with Crippen LogP contribution in [-0.4, -0.2) is 51.7 Å². The highest BCUT2D eigenvalue weighted by Crippen LogP contribution is 2.37. The maximum atomic E-state index is 12.8. The smallest absolute Gasteiger partial charge is 0.230 e. The first-order valence-corrected chi connectivity index (χ1v) is 13.3. The van der Waals surface area contributed by atoms with Crippen molar-refractivity contribution >= 4 is 51.3 Å². The summed E-state index contributed by atoms with van der Waals surface area (Å²) in [4.78, 5) is 20.5. The number of amides is 1. The third-order valence-corrected chi connectivity index (χ3v) is 7.09. The van der Waals surface area contributed by atoms with Crippen LogP contribution >= 0.6 is 0 Å². The molecule has 0 bridgehead atoms. The lowest BCUT2D eigenvalue weighted by molar-refractivity contribution is -0.110. The fraction of sp³-hybridized carbons (Fsp3) is 0.222. The summed E-state index contributed by atoms with van der Waals surface area (Å²) in [6.45, 7) is 0.480. The highest BCUT2D eigenvalue weighted by Gasteiger charge is 2.30. The summed E-state index contributed by atoms with van der Waals surface area (Å²) in [6, 6.07) is 19.1. The maximum Gasteiger partial charge on any atom is 0.230 e. The van der Waals surface area contributed by atoms with Gasteiger partial charge in [0, 0.05) is 30.5 Å². The van der Waals surface area contributed by atoms with Gasteiger partial charge >= 0.3 is 0 Å². The summed E-state index contributed by atoms with van der Waals surface area (Å²) in [5.74, 6) is 1.38. The molecule has 1 aromatic heterocycles. The molecule has 0 aliphatic carbocycles. The zero-order valence-corrected chi connectivity index (χ0v) is 22.1. The third kappa shape index (κ3) is 5.56. The SMILES string of the molecule is COc1cc(Nc2nc3ccccc3nc2N(c2cccc(C3OCCC3NC=O)c2)[SH](=O)=O)cc(OC)c1. The second kappa shape index (κ2) is 11.5. The van der Waals surface area contributed by atoms with Crippen LogP contribution in [0, 0.1) is 0 Å². The minimum Gasteiger partial charge on any atom is -0.497 e. The van der Waals surface area contributed by atoms with Gasteiger partial charge in [0.25, 0.3) is 0 Å². The van der Waals surface area contributed by atoms with Crippen molar-refractivity contribution in [2.45, 2.75) is 18.6 Å². The number of nitrogens with zero attached hydrogens (tertiary/aromatic N) is 3. The van der Waals surface area contributed by atoms with E-state index < -0.39 is 17.0 Å². The molecule has 1 amide bonds. The number of aromatic nitrogens is 2. The van der Waals surface area contributed by atoms with Gasteiger partial charge in [0.2, 0.25) is 17.3 Å². The Morgan fingerprint density at radius 1 is 0.974 bits per heavy atom. The molecule has 2 unspecified atom stereocenters. The van der Waals surface area contributed by atoms with E-state index in [9.17, 15) is 13.2 Å². The number of benzene rings is 3. The van der Waals surface area contributed by atoms with E-state index in [4.69, 9.17) is 24.2 Å². The molecule has 1 aliphatic heterocycles. The van der Waals surface area contributed by atoms with E-state index in [2.05, 4.69) is 10.6 Å². The zero-order valence-electron chi connectivity index (χ0n) is 21.2. The highest BCUT2D eigenvalue weighted by molar-refractivity contribution is 7.74. The highest BCUT2D eigenvalue weighted by atomic mass is 32.2. The Morgan fingerprint density at radius 2 is 1.69 bits per heavy atom. The number of ether oxygens (including phenoxy) is 3. The van der Waals surface area contributed by atoms with Crippen molar-refractivity contribution in [2.75, 3.05) is 30.4 Å². The molecule has 1 saturated heterocycles. The van der Waals surface area contributed by atoms with Crippen molar-refractivity contribution in [1.82, 2.24) is 15.3 Å². The summed E-state index contributed by atoms with van der Waals surface area (Å²) in [7, 11) is -0.112. The Labute approximate surface area is 226 Å². The van der Waals surface area contributed by atoms with Crippen LogP contribution in [0.15, 0.2) is 66.7 Å².